The fraction of sp³-hybridized carbons (Fsp3) is 0.286. The average Bonchev–Trinajstić information content (AvgIpc) is 3.13. The van der Waals surface area contributed by atoms with Gasteiger partial charge in [0.05, 0.1) is 18.7 Å². The van der Waals surface area contributed by atoms with Crippen LogP contribution in [0, 0.1) is 5.92 Å². The van der Waals surface area contributed by atoms with Gasteiger partial charge in [-0.25, -0.2) is 0 Å². The SMILES string of the molecule is COc1ccccc1N1C[C@H](C(=O)NCCNC(=O)c2ccccc2)CC1=O. The summed E-state index contributed by atoms with van der Waals surface area (Å²) in [5, 5.41) is 5.54. The molecule has 0 saturated carbocycles. The number of nitrogens with zero attached hydrogens (tertiary/aromatic N) is 1. The van der Waals surface area contributed by atoms with Gasteiger partial charge in [0.1, 0.15) is 5.75 Å². The highest BCUT2D eigenvalue weighted by Crippen LogP contribution is 2.32. The minimum absolute atomic E-state index is 0.109. The lowest BCUT2D eigenvalue weighted by Crippen LogP contribution is -2.38. The zero-order valence-corrected chi connectivity index (χ0v) is 15.7. The van der Waals surface area contributed by atoms with E-state index < -0.39 is 5.92 Å². The van der Waals surface area contributed by atoms with Gasteiger partial charge in [0.25, 0.3) is 5.91 Å². The Balaban J connectivity index is 1.48. The molecule has 146 valence electrons. The molecule has 1 atom stereocenters. The van der Waals surface area contributed by atoms with Crippen molar-refractivity contribution >= 4 is 23.4 Å². The molecule has 0 bridgehead atoms. The van der Waals surface area contributed by atoms with Crippen LogP contribution in [0.25, 0.3) is 0 Å². The van der Waals surface area contributed by atoms with Gasteiger partial charge in [0, 0.05) is 31.6 Å². The number of ether oxygens (including phenoxy) is 1. The van der Waals surface area contributed by atoms with Crippen LogP contribution in [0.15, 0.2) is 54.6 Å². The van der Waals surface area contributed by atoms with Crippen LogP contribution in [0.1, 0.15) is 16.8 Å². The Labute approximate surface area is 163 Å². The van der Waals surface area contributed by atoms with Crippen LogP contribution in [0.3, 0.4) is 0 Å². The number of carbonyl (C=O) groups excluding carboxylic acids is 3. The van der Waals surface area contributed by atoms with Crippen molar-refractivity contribution < 1.29 is 19.1 Å². The maximum atomic E-state index is 12.4. The summed E-state index contributed by atoms with van der Waals surface area (Å²) in [7, 11) is 1.55. The number of para-hydroxylation sites is 2. The summed E-state index contributed by atoms with van der Waals surface area (Å²) >= 11 is 0. The Morgan fingerprint density at radius 2 is 1.71 bits per heavy atom. The normalized spacial score (nSPS) is 16.0. The van der Waals surface area contributed by atoms with Crippen molar-refractivity contribution in [2.24, 2.45) is 5.92 Å². The second kappa shape index (κ2) is 9.03. The highest BCUT2D eigenvalue weighted by molar-refractivity contribution is 6.01. The van der Waals surface area contributed by atoms with Gasteiger partial charge in [-0.15, -0.1) is 0 Å². The third kappa shape index (κ3) is 4.49. The summed E-state index contributed by atoms with van der Waals surface area (Å²) < 4.78 is 5.31. The van der Waals surface area contributed by atoms with E-state index in [1.54, 1.807) is 48.4 Å². The predicted molar refractivity (Wildman–Crippen MR) is 105 cm³/mol. The van der Waals surface area contributed by atoms with Crippen molar-refractivity contribution in [3.63, 3.8) is 0 Å². The zero-order chi connectivity index (χ0) is 19.9. The molecule has 0 aliphatic carbocycles. The molecule has 0 aromatic heterocycles. The Morgan fingerprint density at radius 1 is 1.04 bits per heavy atom. The maximum absolute atomic E-state index is 12.4. The molecule has 2 aromatic carbocycles. The van der Waals surface area contributed by atoms with E-state index in [9.17, 15) is 14.4 Å². The second-order valence-corrected chi connectivity index (χ2v) is 6.49. The van der Waals surface area contributed by atoms with E-state index in [0.29, 0.717) is 36.6 Å². The lowest BCUT2D eigenvalue weighted by molar-refractivity contribution is -0.126. The van der Waals surface area contributed by atoms with Crippen molar-refractivity contribution in [1.29, 1.82) is 0 Å². The Kier molecular flexibility index (Phi) is 6.26. The fourth-order valence-corrected chi connectivity index (χ4v) is 3.17. The molecule has 0 unspecified atom stereocenters. The molecule has 7 nitrogen and oxygen atoms in total. The van der Waals surface area contributed by atoms with Gasteiger partial charge in [0.2, 0.25) is 11.8 Å². The molecule has 0 spiro atoms. The van der Waals surface area contributed by atoms with Crippen LogP contribution in [0.4, 0.5) is 5.69 Å². The van der Waals surface area contributed by atoms with E-state index >= 15 is 0 Å². The quantitative estimate of drug-likeness (QED) is 0.713. The number of nitrogens with one attached hydrogen (secondary N) is 2. The summed E-state index contributed by atoms with van der Waals surface area (Å²) in [6, 6.07) is 16.1. The first-order valence-corrected chi connectivity index (χ1v) is 9.14. The topological polar surface area (TPSA) is 87.7 Å². The molecule has 7 heteroatoms. The Bertz CT molecular complexity index is 854. The van der Waals surface area contributed by atoms with Crippen LogP contribution in [-0.4, -0.2) is 44.5 Å². The monoisotopic (exact) mass is 381 g/mol. The van der Waals surface area contributed by atoms with E-state index in [0.717, 1.165) is 0 Å². The van der Waals surface area contributed by atoms with Crippen LogP contribution in [0.2, 0.25) is 0 Å². The van der Waals surface area contributed by atoms with Crippen LogP contribution >= 0.6 is 0 Å². The number of carbonyl (C=O) groups is 3. The predicted octanol–water partition coefficient (Wildman–Crippen LogP) is 1.59. The highest BCUT2D eigenvalue weighted by atomic mass is 16.5. The summed E-state index contributed by atoms with van der Waals surface area (Å²) in [6.07, 6.45) is 0.153. The van der Waals surface area contributed by atoms with Crippen molar-refractivity contribution in [3.05, 3.63) is 60.2 Å². The molecule has 1 aliphatic heterocycles. The van der Waals surface area contributed by atoms with Gasteiger partial charge in [-0.1, -0.05) is 30.3 Å². The molecule has 1 fully saturated rings. The van der Waals surface area contributed by atoms with Gasteiger partial charge in [-0.2, -0.15) is 0 Å². The summed E-state index contributed by atoms with van der Waals surface area (Å²) in [5.74, 6) is -0.322. The lowest BCUT2D eigenvalue weighted by Gasteiger charge is -2.19. The van der Waals surface area contributed by atoms with E-state index in [1.807, 2.05) is 18.2 Å². The summed E-state index contributed by atoms with van der Waals surface area (Å²) in [6.45, 7) is 0.925. The molecule has 3 rings (SSSR count). The molecule has 1 heterocycles. The first-order chi connectivity index (χ1) is 13.6. The molecular formula is C21H23N3O4. The lowest BCUT2D eigenvalue weighted by atomic mass is 10.1. The minimum atomic E-state index is -0.428. The Hall–Kier alpha value is -3.35. The van der Waals surface area contributed by atoms with Gasteiger partial charge in [-0.3, -0.25) is 14.4 Å². The van der Waals surface area contributed by atoms with Crippen molar-refractivity contribution in [2.45, 2.75) is 6.42 Å². The van der Waals surface area contributed by atoms with Gasteiger partial charge in [-0.05, 0) is 24.3 Å². The summed E-state index contributed by atoms with van der Waals surface area (Å²) in [5.41, 5.74) is 1.24. The van der Waals surface area contributed by atoms with E-state index in [4.69, 9.17) is 4.74 Å². The number of methoxy groups -OCH3 is 1. The fourth-order valence-electron chi connectivity index (χ4n) is 3.17. The molecular weight excluding hydrogens is 358 g/mol. The van der Waals surface area contributed by atoms with Crippen LogP contribution in [-0.2, 0) is 9.59 Å². The first kappa shape index (κ1) is 19.4. The number of anilines is 1. The molecule has 1 saturated heterocycles. The number of hydrogen-bond acceptors (Lipinski definition) is 4. The number of benzene rings is 2. The largest absolute Gasteiger partial charge is 0.495 e. The number of rotatable bonds is 7. The van der Waals surface area contributed by atoms with Gasteiger partial charge < -0.3 is 20.3 Å². The molecule has 2 N–H and O–H groups in total. The average molecular weight is 381 g/mol. The molecule has 1 aliphatic rings. The number of hydrogen-bond donors (Lipinski definition) is 2. The Morgan fingerprint density at radius 3 is 2.46 bits per heavy atom. The standard InChI is InChI=1S/C21H23N3O4/c1-28-18-10-6-5-9-17(18)24-14-16(13-19(24)25)21(27)23-12-11-22-20(26)15-7-3-2-4-8-15/h2-10,16H,11-14H2,1H3,(H,22,26)(H,23,27)/t16-/m1/s1. The van der Waals surface area contributed by atoms with Gasteiger partial charge >= 0.3 is 0 Å². The van der Waals surface area contributed by atoms with E-state index in [2.05, 4.69) is 10.6 Å². The maximum Gasteiger partial charge on any atom is 0.251 e. The first-order valence-electron chi connectivity index (χ1n) is 9.14. The highest BCUT2D eigenvalue weighted by Gasteiger charge is 2.36. The second-order valence-electron chi connectivity index (χ2n) is 6.49. The van der Waals surface area contributed by atoms with Crippen LogP contribution < -0.4 is 20.3 Å². The third-order valence-electron chi connectivity index (χ3n) is 4.62. The third-order valence-corrected chi connectivity index (χ3v) is 4.62. The van der Waals surface area contributed by atoms with Crippen molar-refractivity contribution in [3.8, 4) is 5.75 Å². The van der Waals surface area contributed by atoms with Crippen molar-refractivity contribution in [1.82, 2.24) is 10.6 Å². The molecule has 3 amide bonds. The van der Waals surface area contributed by atoms with E-state index in [1.165, 1.54) is 0 Å². The van der Waals surface area contributed by atoms with Crippen LogP contribution in [0.5, 0.6) is 5.75 Å². The van der Waals surface area contributed by atoms with Crippen molar-refractivity contribution in [2.75, 3.05) is 31.6 Å². The molecule has 0 radical (unpaired) electrons. The zero-order valence-electron chi connectivity index (χ0n) is 15.7. The number of amides is 3. The molecule has 2 aromatic rings. The van der Waals surface area contributed by atoms with Gasteiger partial charge in [0.15, 0.2) is 0 Å². The minimum Gasteiger partial charge on any atom is -0.495 e. The summed E-state index contributed by atoms with van der Waals surface area (Å²) in [4.78, 5) is 38.3. The smallest absolute Gasteiger partial charge is 0.251 e. The van der Waals surface area contributed by atoms with E-state index in [-0.39, 0.29) is 24.1 Å². The molecule has 28 heavy (non-hydrogen) atoms.